The van der Waals surface area contributed by atoms with Crippen LogP contribution in [0.15, 0.2) is 170 Å². The average Bonchev–Trinajstić information content (AvgIpc) is 3.69. The van der Waals surface area contributed by atoms with Crippen LogP contribution in [0.2, 0.25) is 0 Å². The Labute approximate surface area is 282 Å². The lowest BCUT2D eigenvalue weighted by Gasteiger charge is -2.26. The maximum atomic E-state index is 4.64. The monoisotopic (exact) mass is 628 g/mol. The minimum atomic E-state index is 1.07. The van der Waals surface area contributed by atoms with E-state index in [0.29, 0.717) is 0 Å². The Kier molecular flexibility index (Phi) is 6.08. The van der Waals surface area contributed by atoms with Crippen LogP contribution in [-0.2, 0) is 0 Å². The number of aromatic nitrogens is 1. The van der Waals surface area contributed by atoms with E-state index in [0.717, 1.165) is 21.9 Å². The molecule has 48 heavy (non-hydrogen) atoms. The predicted molar refractivity (Wildman–Crippen MR) is 205 cm³/mol. The SMILES string of the molecule is c1ccc(-c2ccc(N(c3ccc(-c4ccc5c6c(cccc46)-c4ccccc4-5)cc3)c3ccc4sc5ncccc5c4c3)cc2)cc1. The molecule has 3 heteroatoms. The molecule has 1 aliphatic rings. The van der Waals surface area contributed by atoms with Crippen molar-refractivity contribution in [3.63, 3.8) is 0 Å². The Morgan fingerprint density at radius 3 is 1.77 bits per heavy atom. The second kappa shape index (κ2) is 10.8. The van der Waals surface area contributed by atoms with Crippen molar-refractivity contribution < 1.29 is 0 Å². The molecule has 7 aromatic carbocycles. The Morgan fingerprint density at radius 1 is 0.396 bits per heavy atom. The van der Waals surface area contributed by atoms with Crippen LogP contribution in [0.25, 0.3) is 75.6 Å². The predicted octanol–water partition coefficient (Wildman–Crippen LogP) is 13.1. The summed E-state index contributed by atoms with van der Waals surface area (Å²) in [6.45, 7) is 0. The average molecular weight is 629 g/mol. The van der Waals surface area contributed by atoms with E-state index in [4.69, 9.17) is 0 Å². The molecule has 2 heterocycles. The van der Waals surface area contributed by atoms with Crippen LogP contribution in [0.3, 0.4) is 0 Å². The van der Waals surface area contributed by atoms with Gasteiger partial charge < -0.3 is 4.90 Å². The molecule has 2 nitrogen and oxygen atoms in total. The number of hydrogen-bond donors (Lipinski definition) is 0. The number of pyridine rings is 1. The fraction of sp³-hybridized carbons (Fsp3) is 0. The number of rotatable bonds is 5. The third-order valence-electron chi connectivity index (χ3n) is 9.71. The number of benzene rings is 7. The van der Waals surface area contributed by atoms with Crippen LogP contribution < -0.4 is 4.90 Å². The maximum absolute atomic E-state index is 4.64. The molecule has 224 valence electrons. The Bertz CT molecular complexity index is 2620. The second-order valence-electron chi connectivity index (χ2n) is 12.4. The number of anilines is 3. The van der Waals surface area contributed by atoms with Crippen LogP contribution in [0.4, 0.5) is 17.1 Å². The van der Waals surface area contributed by atoms with Crippen molar-refractivity contribution in [1.82, 2.24) is 4.98 Å². The zero-order chi connectivity index (χ0) is 31.6. The lowest BCUT2D eigenvalue weighted by atomic mass is 9.94. The van der Waals surface area contributed by atoms with E-state index in [9.17, 15) is 0 Å². The van der Waals surface area contributed by atoms with Crippen LogP contribution in [0, 0.1) is 0 Å². The molecule has 0 N–H and O–H groups in total. The van der Waals surface area contributed by atoms with E-state index in [1.54, 1.807) is 11.3 Å². The molecule has 0 radical (unpaired) electrons. The van der Waals surface area contributed by atoms with Gasteiger partial charge in [-0.1, -0.05) is 109 Å². The topological polar surface area (TPSA) is 16.1 Å². The van der Waals surface area contributed by atoms with Crippen LogP contribution in [-0.4, -0.2) is 4.98 Å². The number of hydrogen-bond acceptors (Lipinski definition) is 3. The quantitative estimate of drug-likeness (QED) is 0.188. The summed E-state index contributed by atoms with van der Waals surface area (Å²) in [6.07, 6.45) is 1.88. The summed E-state index contributed by atoms with van der Waals surface area (Å²) in [6, 6.07) is 59.6. The lowest BCUT2D eigenvalue weighted by molar-refractivity contribution is 1.29. The first-order chi connectivity index (χ1) is 23.8. The van der Waals surface area contributed by atoms with Crippen molar-refractivity contribution in [3.05, 3.63) is 170 Å². The summed E-state index contributed by atoms with van der Waals surface area (Å²) in [7, 11) is 0. The van der Waals surface area contributed by atoms with Crippen molar-refractivity contribution in [2.24, 2.45) is 0 Å². The molecule has 0 bridgehead atoms. The van der Waals surface area contributed by atoms with E-state index in [-0.39, 0.29) is 0 Å². The minimum Gasteiger partial charge on any atom is -0.310 e. The van der Waals surface area contributed by atoms with Gasteiger partial charge in [-0.2, -0.15) is 0 Å². The van der Waals surface area contributed by atoms with Gasteiger partial charge in [0.25, 0.3) is 0 Å². The van der Waals surface area contributed by atoms with Gasteiger partial charge in [0.1, 0.15) is 4.83 Å². The summed E-state index contributed by atoms with van der Waals surface area (Å²) in [5.74, 6) is 0. The van der Waals surface area contributed by atoms with Crippen molar-refractivity contribution in [1.29, 1.82) is 0 Å². The smallest absolute Gasteiger partial charge is 0.124 e. The third kappa shape index (κ3) is 4.22. The van der Waals surface area contributed by atoms with E-state index in [1.165, 1.54) is 70.8 Å². The molecule has 9 aromatic rings. The Hall–Kier alpha value is -6.03. The molecule has 10 rings (SSSR count). The van der Waals surface area contributed by atoms with Gasteiger partial charge in [-0.05, 0) is 110 Å². The molecule has 1 aliphatic carbocycles. The van der Waals surface area contributed by atoms with Crippen molar-refractivity contribution in [3.8, 4) is 44.5 Å². The molecule has 0 aliphatic heterocycles. The van der Waals surface area contributed by atoms with E-state index >= 15 is 0 Å². The number of fused-ring (bicyclic) bond motifs is 6. The fourth-order valence-electron chi connectivity index (χ4n) is 7.47. The minimum absolute atomic E-state index is 1.07. The fourth-order valence-corrected chi connectivity index (χ4v) is 8.49. The molecule has 0 spiro atoms. The molecule has 0 unspecified atom stereocenters. The zero-order valence-electron chi connectivity index (χ0n) is 26.0. The summed E-state index contributed by atoms with van der Waals surface area (Å²) < 4.78 is 1.25. The largest absolute Gasteiger partial charge is 0.310 e. The molecular weight excluding hydrogens is 601 g/mol. The highest BCUT2D eigenvalue weighted by atomic mass is 32.1. The summed E-state index contributed by atoms with van der Waals surface area (Å²) in [5.41, 5.74) is 13.5. The van der Waals surface area contributed by atoms with Gasteiger partial charge in [0.05, 0.1) is 0 Å². The normalized spacial score (nSPS) is 11.8. The second-order valence-corrected chi connectivity index (χ2v) is 13.4. The van der Waals surface area contributed by atoms with Gasteiger partial charge in [-0.25, -0.2) is 4.98 Å². The summed E-state index contributed by atoms with van der Waals surface area (Å²) >= 11 is 1.75. The van der Waals surface area contributed by atoms with Crippen molar-refractivity contribution >= 4 is 59.5 Å². The highest BCUT2D eigenvalue weighted by Crippen LogP contribution is 2.49. The number of thiophene rings is 1. The van der Waals surface area contributed by atoms with Crippen LogP contribution in [0.1, 0.15) is 0 Å². The number of nitrogens with zero attached hydrogens (tertiary/aromatic N) is 2. The molecule has 0 amide bonds. The summed E-state index contributed by atoms with van der Waals surface area (Å²) in [4.78, 5) is 8.07. The first-order valence-electron chi connectivity index (χ1n) is 16.3. The zero-order valence-corrected chi connectivity index (χ0v) is 26.8. The van der Waals surface area contributed by atoms with Gasteiger partial charge in [-0.3, -0.25) is 0 Å². The van der Waals surface area contributed by atoms with Crippen LogP contribution in [0.5, 0.6) is 0 Å². The molecular formula is C45H28N2S. The molecule has 0 atom stereocenters. The maximum Gasteiger partial charge on any atom is 0.124 e. The van der Waals surface area contributed by atoms with Crippen molar-refractivity contribution in [2.45, 2.75) is 0 Å². The van der Waals surface area contributed by atoms with Gasteiger partial charge in [-0.15, -0.1) is 11.3 Å². The van der Waals surface area contributed by atoms with Crippen LogP contribution >= 0.6 is 11.3 Å². The highest BCUT2D eigenvalue weighted by molar-refractivity contribution is 7.25. The van der Waals surface area contributed by atoms with Gasteiger partial charge in [0, 0.05) is 38.7 Å². The van der Waals surface area contributed by atoms with Gasteiger partial charge in [0.15, 0.2) is 0 Å². The highest BCUT2D eigenvalue weighted by Gasteiger charge is 2.22. The molecule has 0 saturated heterocycles. The third-order valence-corrected chi connectivity index (χ3v) is 10.8. The lowest BCUT2D eigenvalue weighted by Crippen LogP contribution is -2.09. The first-order valence-corrected chi connectivity index (χ1v) is 17.1. The molecule has 2 aromatic heterocycles. The molecule has 0 saturated carbocycles. The Morgan fingerprint density at radius 2 is 1.00 bits per heavy atom. The Balaban J connectivity index is 1.10. The van der Waals surface area contributed by atoms with E-state index < -0.39 is 0 Å². The first kappa shape index (κ1) is 27.1. The summed E-state index contributed by atoms with van der Waals surface area (Å²) in [5, 5.41) is 5.08. The van der Waals surface area contributed by atoms with E-state index in [1.807, 2.05) is 12.3 Å². The van der Waals surface area contributed by atoms with Crippen molar-refractivity contribution in [2.75, 3.05) is 4.90 Å². The van der Waals surface area contributed by atoms with E-state index in [2.05, 4.69) is 168 Å². The van der Waals surface area contributed by atoms with Gasteiger partial charge >= 0.3 is 0 Å². The van der Waals surface area contributed by atoms with Gasteiger partial charge in [0.2, 0.25) is 0 Å². The standard InChI is InChI=1S/C45H28N2S/c1-2-8-29(9-3-1)30-15-19-32(20-16-30)47(34-23-26-43-42(28-34)41-14-7-27-46-45(41)48-43)33-21-17-31(18-22-33)35-24-25-40-37-11-5-4-10-36(37)39-13-6-12-38(35)44(39)40/h1-28H. The molecule has 0 fully saturated rings.